The molecule has 0 aromatic carbocycles. The molecule has 1 saturated carbocycles. The summed E-state index contributed by atoms with van der Waals surface area (Å²) in [6.07, 6.45) is 4.82. The zero-order valence-corrected chi connectivity index (χ0v) is 7.84. The quantitative estimate of drug-likeness (QED) is 0.775. The maximum absolute atomic E-state index is 10.0. The molecule has 0 spiro atoms. The van der Waals surface area contributed by atoms with Crippen molar-refractivity contribution in [2.75, 3.05) is 0 Å². The van der Waals surface area contributed by atoms with Crippen molar-refractivity contribution in [2.24, 2.45) is 5.92 Å². The van der Waals surface area contributed by atoms with Gasteiger partial charge in [-0.25, -0.2) is 0 Å². The fraction of sp³-hybridized carbons (Fsp3) is 0.750. The molecule has 1 aliphatic carbocycles. The van der Waals surface area contributed by atoms with E-state index in [-0.39, 0.29) is 0 Å². The van der Waals surface area contributed by atoms with E-state index >= 15 is 0 Å². The molecule has 4 heteroatoms. The largest absolute Gasteiger partial charge is 0.384 e. The van der Waals surface area contributed by atoms with Gasteiger partial charge in [-0.05, 0) is 30.3 Å². The zero-order valence-electron chi connectivity index (χ0n) is 7.03. The summed E-state index contributed by atoms with van der Waals surface area (Å²) in [5.74, 6) is 0.449. The van der Waals surface area contributed by atoms with Crippen molar-refractivity contribution in [3.8, 4) is 0 Å². The minimum absolute atomic E-state index is 0.449. The van der Waals surface area contributed by atoms with Crippen molar-refractivity contribution >= 4 is 11.5 Å². The van der Waals surface area contributed by atoms with E-state index in [0.717, 1.165) is 24.1 Å². The van der Waals surface area contributed by atoms with E-state index in [1.165, 1.54) is 11.5 Å². The summed E-state index contributed by atoms with van der Waals surface area (Å²) in [4.78, 5) is 0.931. The maximum atomic E-state index is 10.0. The van der Waals surface area contributed by atoms with Crippen LogP contribution in [0, 0.1) is 5.92 Å². The Morgan fingerprint density at radius 1 is 1.83 bits per heavy atom. The van der Waals surface area contributed by atoms with Crippen LogP contribution in [-0.2, 0) is 5.60 Å². The van der Waals surface area contributed by atoms with E-state index in [1.54, 1.807) is 6.20 Å². The highest BCUT2D eigenvalue weighted by Gasteiger charge is 2.54. The predicted molar refractivity (Wildman–Crippen MR) is 46.8 cm³/mol. The Morgan fingerprint density at radius 2 is 2.67 bits per heavy atom. The smallest absolute Gasteiger partial charge is 0.105 e. The zero-order chi connectivity index (χ0) is 8.60. The Bertz CT molecular complexity index is 262. The number of aromatic nitrogens is 2. The molecule has 2 rings (SSSR count). The van der Waals surface area contributed by atoms with E-state index in [4.69, 9.17) is 0 Å². The van der Waals surface area contributed by atoms with Crippen LogP contribution >= 0.6 is 11.5 Å². The van der Waals surface area contributed by atoms with Crippen LogP contribution in [0.1, 0.15) is 31.1 Å². The Morgan fingerprint density at radius 3 is 3.25 bits per heavy atom. The lowest BCUT2D eigenvalue weighted by molar-refractivity contribution is 0.133. The molecular weight excluding hydrogens is 172 g/mol. The van der Waals surface area contributed by atoms with Crippen LogP contribution in [0.5, 0.6) is 0 Å². The van der Waals surface area contributed by atoms with Crippen LogP contribution in [-0.4, -0.2) is 14.7 Å². The summed E-state index contributed by atoms with van der Waals surface area (Å²) in [5, 5.41) is 13.7. The first-order valence-electron chi connectivity index (χ1n) is 4.27. The number of hydrogen-bond acceptors (Lipinski definition) is 4. The number of nitrogens with zero attached hydrogens (tertiary/aromatic N) is 2. The van der Waals surface area contributed by atoms with E-state index in [9.17, 15) is 5.11 Å². The summed E-state index contributed by atoms with van der Waals surface area (Å²) in [6, 6.07) is 0. The Kier molecular flexibility index (Phi) is 1.88. The van der Waals surface area contributed by atoms with Gasteiger partial charge < -0.3 is 5.11 Å². The van der Waals surface area contributed by atoms with Gasteiger partial charge in [0.2, 0.25) is 0 Å². The molecule has 3 nitrogen and oxygen atoms in total. The fourth-order valence-electron chi connectivity index (χ4n) is 1.67. The monoisotopic (exact) mass is 184 g/mol. The van der Waals surface area contributed by atoms with Gasteiger partial charge >= 0.3 is 0 Å². The molecule has 2 atom stereocenters. The van der Waals surface area contributed by atoms with Crippen LogP contribution in [0.4, 0.5) is 0 Å². The molecule has 66 valence electrons. The Hall–Kier alpha value is -0.480. The average Bonchev–Trinajstić information content (AvgIpc) is 2.57. The van der Waals surface area contributed by atoms with Crippen LogP contribution in [0.15, 0.2) is 6.20 Å². The number of aliphatic hydroxyl groups is 1. The van der Waals surface area contributed by atoms with Crippen LogP contribution < -0.4 is 0 Å². The highest BCUT2D eigenvalue weighted by atomic mass is 32.1. The second-order valence-electron chi connectivity index (χ2n) is 3.40. The molecule has 0 amide bonds. The van der Waals surface area contributed by atoms with Crippen LogP contribution in [0.2, 0.25) is 0 Å². The Balaban J connectivity index is 2.07. The molecule has 0 aliphatic heterocycles. The van der Waals surface area contributed by atoms with Crippen molar-refractivity contribution in [1.82, 2.24) is 9.59 Å². The minimum Gasteiger partial charge on any atom is -0.384 e. The molecule has 1 aromatic heterocycles. The summed E-state index contributed by atoms with van der Waals surface area (Å²) >= 11 is 1.31. The van der Waals surface area contributed by atoms with Crippen molar-refractivity contribution in [1.29, 1.82) is 0 Å². The van der Waals surface area contributed by atoms with Gasteiger partial charge in [-0.3, -0.25) is 0 Å². The minimum atomic E-state index is -0.565. The first-order chi connectivity index (χ1) is 5.77. The van der Waals surface area contributed by atoms with E-state index in [2.05, 4.69) is 16.5 Å². The van der Waals surface area contributed by atoms with Gasteiger partial charge in [0, 0.05) is 0 Å². The summed E-state index contributed by atoms with van der Waals surface area (Å²) < 4.78 is 3.75. The summed E-state index contributed by atoms with van der Waals surface area (Å²) in [5.41, 5.74) is -0.565. The van der Waals surface area contributed by atoms with Gasteiger partial charge in [0.1, 0.15) is 5.60 Å². The third kappa shape index (κ3) is 1.15. The van der Waals surface area contributed by atoms with Crippen LogP contribution in [0.25, 0.3) is 0 Å². The third-order valence-electron chi connectivity index (χ3n) is 2.50. The summed E-state index contributed by atoms with van der Waals surface area (Å²) in [6.45, 7) is 2.14. The second kappa shape index (κ2) is 2.78. The average molecular weight is 184 g/mol. The molecule has 1 N–H and O–H groups in total. The molecule has 12 heavy (non-hydrogen) atoms. The molecule has 2 unspecified atom stereocenters. The van der Waals surface area contributed by atoms with Gasteiger partial charge in [0.25, 0.3) is 0 Å². The number of rotatable bonds is 3. The molecule has 1 heterocycles. The lowest BCUT2D eigenvalue weighted by Crippen LogP contribution is -2.05. The molecule has 0 saturated heterocycles. The van der Waals surface area contributed by atoms with Crippen molar-refractivity contribution in [3.63, 3.8) is 0 Å². The van der Waals surface area contributed by atoms with Crippen molar-refractivity contribution in [3.05, 3.63) is 11.1 Å². The molecule has 0 radical (unpaired) electrons. The fourth-order valence-corrected chi connectivity index (χ4v) is 2.35. The molecule has 1 aliphatic rings. The first-order valence-corrected chi connectivity index (χ1v) is 5.05. The predicted octanol–water partition coefficient (Wildman–Crippen LogP) is 1.55. The molecule has 0 bridgehead atoms. The lowest BCUT2D eigenvalue weighted by Gasteiger charge is -2.04. The van der Waals surface area contributed by atoms with Gasteiger partial charge in [0.05, 0.1) is 11.1 Å². The standard InChI is InChI=1S/C8H12N2OS/c1-2-3-6-4-8(6,11)7-5-9-10-12-7/h5-6,11H,2-4H2,1H3. The van der Waals surface area contributed by atoms with Gasteiger partial charge in [-0.2, -0.15) is 0 Å². The molecular formula is C8H12N2OS. The topological polar surface area (TPSA) is 46.0 Å². The van der Waals surface area contributed by atoms with Crippen LogP contribution in [0.3, 0.4) is 0 Å². The number of hydrogen-bond donors (Lipinski definition) is 1. The van der Waals surface area contributed by atoms with E-state index in [0.29, 0.717) is 5.92 Å². The summed E-state index contributed by atoms with van der Waals surface area (Å²) in [7, 11) is 0. The second-order valence-corrected chi connectivity index (χ2v) is 4.18. The van der Waals surface area contributed by atoms with Gasteiger partial charge in [-0.15, -0.1) is 5.10 Å². The van der Waals surface area contributed by atoms with Gasteiger partial charge in [0.15, 0.2) is 0 Å². The van der Waals surface area contributed by atoms with Crippen molar-refractivity contribution < 1.29 is 5.11 Å². The molecule has 1 fully saturated rings. The lowest BCUT2D eigenvalue weighted by atomic mass is 10.1. The highest BCUT2D eigenvalue weighted by Crippen LogP contribution is 2.54. The highest BCUT2D eigenvalue weighted by molar-refractivity contribution is 7.05. The third-order valence-corrected chi connectivity index (χ3v) is 3.33. The normalized spacial score (nSPS) is 33.7. The SMILES string of the molecule is CCCC1CC1(O)c1cnns1. The van der Waals surface area contributed by atoms with E-state index < -0.39 is 5.60 Å². The Labute approximate surface area is 75.6 Å². The van der Waals surface area contributed by atoms with Crippen molar-refractivity contribution in [2.45, 2.75) is 31.8 Å². The molecule has 1 aromatic rings. The van der Waals surface area contributed by atoms with E-state index in [1.807, 2.05) is 0 Å². The maximum Gasteiger partial charge on any atom is 0.105 e. The first kappa shape index (κ1) is 8.13. The van der Waals surface area contributed by atoms with Gasteiger partial charge in [-0.1, -0.05) is 17.8 Å².